The van der Waals surface area contributed by atoms with Crippen LogP contribution in [0.2, 0.25) is 0 Å². The van der Waals surface area contributed by atoms with Gasteiger partial charge in [-0.25, -0.2) is 0 Å². The predicted octanol–water partition coefficient (Wildman–Crippen LogP) is 5.61. The van der Waals surface area contributed by atoms with E-state index < -0.39 is 0 Å². The fourth-order valence-electron chi connectivity index (χ4n) is 7.15. The second kappa shape index (κ2) is 8.96. The zero-order valence-corrected chi connectivity index (χ0v) is 19.4. The Balaban J connectivity index is 1.39. The van der Waals surface area contributed by atoms with E-state index in [9.17, 15) is 0 Å². The van der Waals surface area contributed by atoms with Crippen molar-refractivity contribution in [2.24, 2.45) is 5.92 Å². The van der Waals surface area contributed by atoms with Gasteiger partial charge in [-0.3, -0.25) is 4.90 Å². The molecule has 0 aromatic heterocycles. The molecule has 0 saturated carbocycles. The van der Waals surface area contributed by atoms with Crippen LogP contribution in [0.1, 0.15) is 48.3 Å². The predicted molar refractivity (Wildman–Crippen MR) is 134 cm³/mol. The lowest BCUT2D eigenvalue weighted by molar-refractivity contribution is -0.0465. The van der Waals surface area contributed by atoms with Crippen molar-refractivity contribution < 1.29 is 4.74 Å². The maximum atomic E-state index is 5.65. The van der Waals surface area contributed by atoms with Crippen molar-refractivity contribution in [2.45, 2.75) is 62.3 Å². The monoisotopic (exact) mass is 438 g/mol. The summed E-state index contributed by atoms with van der Waals surface area (Å²) in [4.78, 5) is 2.94. The highest BCUT2D eigenvalue weighted by atomic mass is 16.5. The van der Waals surface area contributed by atoms with Crippen LogP contribution in [0.4, 0.5) is 0 Å². The molecule has 4 fully saturated rings. The van der Waals surface area contributed by atoms with Gasteiger partial charge in [0.1, 0.15) is 5.75 Å². The summed E-state index contributed by atoms with van der Waals surface area (Å²) in [5.74, 6) is 2.08. The summed E-state index contributed by atoms with van der Waals surface area (Å²) in [6.45, 7) is 0.848. The Bertz CT molecular complexity index is 1020. The minimum atomic E-state index is 0.369. The van der Waals surface area contributed by atoms with Gasteiger partial charge in [-0.15, -0.1) is 0 Å². The fourth-order valence-corrected chi connectivity index (χ4v) is 7.15. The normalized spacial score (nSPS) is 30.0. The van der Waals surface area contributed by atoms with Crippen molar-refractivity contribution in [3.63, 3.8) is 0 Å². The van der Waals surface area contributed by atoms with Crippen molar-refractivity contribution in [3.05, 3.63) is 102 Å². The lowest BCUT2D eigenvalue weighted by Crippen LogP contribution is -2.68. The van der Waals surface area contributed by atoms with Crippen molar-refractivity contribution in [3.8, 4) is 5.75 Å². The van der Waals surface area contributed by atoms with Gasteiger partial charge in [0.2, 0.25) is 0 Å². The second-order valence-electron chi connectivity index (χ2n) is 10.1. The van der Waals surface area contributed by atoms with Crippen molar-refractivity contribution in [1.29, 1.82) is 0 Å². The Hall–Kier alpha value is -2.62. The van der Waals surface area contributed by atoms with E-state index in [2.05, 4.69) is 95.1 Å². The van der Waals surface area contributed by atoms with Crippen LogP contribution >= 0.6 is 0 Å². The molecule has 170 valence electrons. The van der Waals surface area contributed by atoms with Gasteiger partial charge in [-0.05, 0) is 48.8 Å². The summed E-state index contributed by atoms with van der Waals surface area (Å²) in [6, 6.07) is 33.3. The molecule has 2 unspecified atom stereocenters. The van der Waals surface area contributed by atoms with E-state index in [4.69, 9.17) is 4.74 Å². The zero-order valence-electron chi connectivity index (χ0n) is 19.4. The first-order chi connectivity index (χ1) is 16.3. The minimum absolute atomic E-state index is 0.369. The summed E-state index contributed by atoms with van der Waals surface area (Å²) in [7, 11) is 1.77. The van der Waals surface area contributed by atoms with E-state index in [0.29, 0.717) is 18.0 Å². The molecule has 4 aliphatic rings. The smallest absolute Gasteiger partial charge is 0.123 e. The van der Waals surface area contributed by atoms with E-state index in [1.165, 1.54) is 42.4 Å². The first kappa shape index (κ1) is 20.9. The van der Waals surface area contributed by atoms with Crippen molar-refractivity contribution >= 4 is 0 Å². The van der Waals surface area contributed by atoms with Gasteiger partial charge in [0.15, 0.2) is 0 Å². The van der Waals surface area contributed by atoms with Crippen LogP contribution in [0.5, 0.6) is 5.75 Å². The third-order valence-corrected chi connectivity index (χ3v) is 8.43. The molecule has 0 amide bonds. The standard InChI is InChI=1S/C30H34N2O/c1-33-27-15-9-8-14-23(27)20-31-29-24-18-25-16-17-26(19-24)32(25)30(29)28(21-10-4-2-5-11-21)22-12-6-3-7-13-22/h2-15,24-26,28-31H,16-20H2,1H3/t24?,25-,26+,29-,30-/m0/s1. The van der Waals surface area contributed by atoms with Crippen molar-refractivity contribution in [1.82, 2.24) is 10.2 Å². The number of nitrogens with zero attached hydrogens (tertiary/aromatic N) is 1. The zero-order chi connectivity index (χ0) is 22.2. The number of rotatable bonds is 7. The number of benzene rings is 3. The van der Waals surface area contributed by atoms with E-state index in [-0.39, 0.29) is 0 Å². The van der Waals surface area contributed by atoms with E-state index >= 15 is 0 Å². The van der Waals surface area contributed by atoms with Gasteiger partial charge in [0.25, 0.3) is 0 Å². The molecule has 4 bridgehead atoms. The van der Waals surface area contributed by atoms with Gasteiger partial charge < -0.3 is 10.1 Å². The molecule has 3 heteroatoms. The number of hydrogen-bond donors (Lipinski definition) is 1. The average molecular weight is 439 g/mol. The third-order valence-electron chi connectivity index (χ3n) is 8.43. The molecule has 6 atom stereocenters. The number of nitrogens with one attached hydrogen (secondary N) is 1. The van der Waals surface area contributed by atoms with Gasteiger partial charge >= 0.3 is 0 Å². The van der Waals surface area contributed by atoms with Gasteiger partial charge in [-0.1, -0.05) is 78.9 Å². The number of methoxy groups -OCH3 is 1. The lowest BCUT2D eigenvalue weighted by Gasteiger charge is -2.58. The Morgan fingerprint density at radius 1 is 0.818 bits per heavy atom. The molecule has 3 aromatic rings. The Labute approximate surface area is 197 Å². The molecular formula is C30H34N2O. The van der Waals surface area contributed by atoms with Gasteiger partial charge in [0.05, 0.1) is 7.11 Å². The van der Waals surface area contributed by atoms with Crippen LogP contribution in [0.15, 0.2) is 84.9 Å². The summed E-state index contributed by atoms with van der Waals surface area (Å²) < 4.78 is 5.65. The van der Waals surface area contributed by atoms with Crippen LogP contribution in [-0.4, -0.2) is 36.2 Å². The summed E-state index contributed by atoms with van der Waals surface area (Å²) in [5.41, 5.74) is 4.11. The first-order valence-corrected chi connectivity index (χ1v) is 12.6. The highest BCUT2D eigenvalue weighted by Crippen LogP contribution is 2.52. The molecule has 3 aromatic carbocycles. The highest BCUT2D eigenvalue weighted by Gasteiger charge is 2.56. The summed E-state index contributed by atoms with van der Waals surface area (Å²) in [6.07, 6.45) is 5.42. The van der Waals surface area contributed by atoms with Crippen LogP contribution in [0.25, 0.3) is 0 Å². The summed E-state index contributed by atoms with van der Waals surface area (Å²) >= 11 is 0. The van der Waals surface area contributed by atoms with Gasteiger partial charge in [0, 0.05) is 42.2 Å². The average Bonchev–Trinajstić information content (AvgIpc) is 3.17. The van der Waals surface area contributed by atoms with Crippen LogP contribution in [0, 0.1) is 5.92 Å². The molecule has 0 radical (unpaired) electrons. The number of piperidine rings is 3. The molecule has 4 heterocycles. The van der Waals surface area contributed by atoms with Gasteiger partial charge in [-0.2, -0.15) is 0 Å². The van der Waals surface area contributed by atoms with E-state index in [0.717, 1.165) is 30.3 Å². The highest BCUT2D eigenvalue weighted by molar-refractivity contribution is 5.37. The molecular weight excluding hydrogens is 404 g/mol. The molecule has 0 aliphatic carbocycles. The first-order valence-electron chi connectivity index (χ1n) is 12.6. The Kier molecular flexibility index (Phi) is 5.69. The lowest BCUT2D eigenvalue weighted by atomic mass is 9.68. The Morgan fingerprint density at radius 3 is 2.00 bits per heavy atom. The maximum absolute atomic E-state index is 5.65. The number of hydrogen-bond acceptors (Lipinski definition) is 3. The minimum Gasteiger partial charge on any atom is -0.496 e. The molecule has 4 aliphatic heterocycles. The van der Waals surface area contributed by atoms with E-state index in [1.54, 1.807) is 7.11 Å². The van der Waals surface area contributed by atoms with Crippen LogP contribution < -0.4 is 10.1 Å². The number of ether oxygens (including phenoxy) is 1. The molecule has 33 heavy (non-hydrogen) atoms. The third kappa shape index (κ3) is 3.78. The van der Waals surface area contributed by atoms with Crippen LogP contribution in [-0.2, 0) is 6.54 Å². The second-order valence-corrected chi connectivity index (χ2v) is 10.1. The molecule has 0 spiro atoms. The SMILES string of the molecule is COc1ccccc1CN[C@H]1C2C[C@H]3CC[C@@H](C2)N3[C@H]1C(c1ccccc1)c1ccccc1. The summed E-state index contributed by atoms with van der Waals surface area (Å²) in [5, 5.41) is 4.06. The molecule has 7 rings (SSSR count). The topological polar surface area (TPSA) is 24.5 Å². The maximum Gasteiger partial charge on any atom is 0.123 e. The largest absolute Gasteiger partial charge is 0.496 e. The quantitative estimate of drug-likeness (QED) is 0.519. The Morgan fingerprint density at radius 2 is 1.39 bits per heavy atom. The molecule has 3 nitrogen and oxygen atoms in total. The van der Waals surface area contributed by atoms with E-state index in [1.807, 2.05) is 0 Å². The fraction of sp³-hybridized carbons (Fsp3) is 0.400. The number of fused-ring (bicyclic) bond motifs is 1. The molecule has 4 saturated heterocycles. The molecule has 1 N–H and O–H groups in total. The number of para-hydroxylation sites is 1. The van der Waals surface area contributed by atoms with Crippen molar-refractivity contribution in [2.75, 3.05) is 7.11 Å². The van der Waals surface area contributed by atoms with Crippen LogP contribution in [0.3, 0.4) is 0 Å².